The molecule has 0 aromatic heterocycles. The molecule has 7 heteroatoms. The SMILES string of the molecule is C=CCSc1ccccc1NC(=O)CN1CCN(Cc2ccc3c(c2)OCO3)CC1. The van der Waals surface area contributed by atoms with Crippen molar-refractivity contribution in [2.45, 2.75) is 11.4 Å². The molecule has 2 aliphatic heterocycles. The molecule has 2 aromatic rings. The van der Waals surface area contributed by atoms with Gasteiger partial charge in [-0.15, -0.1) is 18.3 Å². The number of hydrogen-bond donors (Lipinski definition) is 1. The zero-order valence-corrected chi connectivity index (χ0v) is 17.8. The molecule has 1 amide bonds. The Balaban J connectivity index is 1.24. The van der Waals surface area contributed by atoms with Crippen molar-refractivity contribution in [2.24, 2.45) is 0 Å². The lowest BCUT2D eigenvalue weighted by Crippen LogP contribution is -2.48. The molecule has 0 aliphatic carbocycles. The number of amides is 1. The molecule has 158 valence electrons. The van der Waals surface area contributed by atoms with E-state index in [-0.39, 0.29) is 5.91 Å². The first kappa shape index (κ1) is 20.8. The highest BCUT2D eigenvalue weighted by molar-refractivity contribution is 7.99. The Morgan fingerprint density at radius 2 is 1.83 bits per heavy atom. The molecule has 1 fully saturated rings. The second-order valence-electron chi connectivity index (χ2n) is 7.38. The highest BCUT2D eigenvalue weighted by Gasteiger charge is 2.20. The Hall–Kier alpha value is -2.48. The Kier molecular flexibility index (Phi) is 6.94. The van der Waals surface area contributed by atoms with Crippen LogP contribution in [0, 0.1) is 0 Å². The van der Waals surface area contributed by atoms with Crippen LogP contribution in [0.15, 0.2) is 60.0 Å². The molecule has 2 aromatic carbocycles. The van der Waals surface area contributed by atoms with E-state index < -0.39 is 0 Å². The number of ether oxygens (including phenoxy) is 2. The summed E-state index contributed by atoms with van der Waals surface area (Å²) in [6, 6.07) is 14.0. The Morgan fingerprint density at radius 3 is 2.67 bits per heavy atom. The number of fused-ring (bicyclic) bond motifs is 1. The van der Waals surface area contributed by atoms with Gasteiger partial charge in [-0.3, -0.25) is 14.6 Å². The summed E-state index contributed by atoms with van der Waals surface area (Å²) in [6.07, 6.45) is 1.87. The maximum atomic E-state index is 12.6. The molecule has 0 saturated carbocycles. The van der Waals surface area contributed by atoms with Crippen molar-refractivity contribution in [1.29, 1.82) is 0 Å². The lowest BCUT2D eigenvalue weighted by molar-refractivity contribution is -0.117. The van der Waals surface area contributed by atoms with E-state index in [1.807, 2.05) is 36.4 Å². The maximum absolute atomic E-state index is 12.6. The standard InChI is InChI=1S/C23H27N3O3S/c1-2-13-30-22-6-4-3-5-19(22)24-23(27)16-26-11-9-25(10-12-26)15-18-7-8-20-21(14-18)29-17-28-20/h2-8,14H,1,9-13,15-17H2,(H,24,27). The van der Waals surface area contributed by atoms with Gasteiger partial charge >= 0.3 is 0 Å². The van der Waals surface area contributed by atoms with Gasteiger partial charge < -0.3 is 14.8 Å². The number of carbonyl (C=O) groups excluding carboxylic acids is 1. The van der Waals surface area contributed by atoms with Crippen LogP contribution in [-0.2, 0) is 11.3 Å². The Bertz CT molecular complexity index is 897. The molecule has 0 radical (unpaired) electrons. The minimum atomic E-state index is 0.0332. The molecule has 2 heterocycles. The molecule has 0 atom stereocenters. The van der Waals surface area contributed by atoms with Crippen LogP contribution in [0.1, 0.15) is 5.56 Å². The van der Waals surface area contributed by atoms with E-state index in [2.05, 4.69) is 33.8 Å². The smallest absolute Gasteiger partial charge is 0.238 e. The van der Waals surface area contributed by atoms with Crippen LogP contribution in [0.2, 0.25) is 0 Å². The number of nitrogens with zero attached hydrogens (tertiary/aromatic N) is 2. The summed E-state index contributed by atoms with van der Waals surface area (Å²) < 4.78 is 10.8. The quantitative estimate of drug-likeness (QED) is 0.517. The minimum absolute atomic E-state index is 0.0332. The number of benzene rings is 2. The zero-order chi connectivity index (χ0) is 20.8. The van der Waals surface area contributed by atoms with Crippen molar-refractivity contribution < 1.29 is 14.3 Å². The summed E-state index contributed by atoms with van der Waals surface area (Å²) in [6.45, 7) is 8.99. The first-order valence-electron chi connectivity index (χ1n) is 10.2. The molecular formula is C23H27N3O3S. The molecule has 1 saturated heterocycles. The van der Waals surface area contributed by atoms with E-state index in [9.17, 15) is 4.79 Å². The third-order valence-electron chi connectivity index (χ3n) is 5.19. The number of para-hydroxylation sites is 1. The normalized spacial score (nSPS) is 16.4. The average molecular weight is 426 g/mol. The summed E-state index contributed by atoms with van der Waals surface area (Å²) in [5.74, 6) is 2.50. The number of rotatable bonds is 8. The van der Waals surface area contributed by atoms with E-state index in [0.29, 0.717) is 13.3 Å². The van der Waals surface area contributed by atoms with E-state index in [0.717, 1.165) is 60.6 Å². The molecule has 30 heavy (non-hydrogen) atoms. The zero-order valence-electron chi connectivity index (χ0n) is 17.0. The number of anilines is 1. The molecule has 0 spiro atoms. The lowest BCUT2D eigenvalue weighted by Gasteiger charge is -2.34. The van der Waals surface area contributed by atoms with Crippen molar-refractivity contribution in [3.63, 3.8) is 0 Å². The highest BCUT2D eigenvalue weighted by Crippen LogP contribution is 2.33. The van der Waals surface area contributed by atoms with E-state index in [1.54, 1.807) is 11.8 Å². The van der Waals surface area contributed by atoms with Gasteiger partial charge in [0.2, 0.25) is 12.7 Å². The number of piperazine rings is 1. The van der Waals surface area contributed by atoms with Gasteiger partial charge in [-0.05, 0) is 29.8 Å². The van der Waals surface area contributed by atoms with Gasteiger partial charge in [-0.25, -0.2) is 0 Å². The monoisotopic (exact) mass is 425 g/mol. The van der Waals surface area contributed by atoms with Crippen molar-refractivity contribution >= 4 is 23.4 Å². The van der Waals surface area contributed by atoms with Gasteiger partial charge in [0.1, 0.15) is 0 Å². The van der Waals surface area contributed by atoms with Crippen molar-refractivity contribution in [1.82, 2.24) is 9.80 Å². The number of carbonyl (C=O) groups is 1. The fraction of sp³-hybridized carbons (Fsp3) is 0.348. The third-order valence-corrected chi connectivity index (χ3v) is 6.26. The number of nitrogens with one attached hydrogen (secondary N) is 1. The highest BCUT2D eigenvalue weighted by atomic mass is 32.2. The van der Waals surface area contributed by atoms with Crippen LogP contribution in [-0.4, -0.2) is 61.0 Å². The summed E-state index contributed by atoms with van der Waals surface area (Å²) >= 11 is 1.67. The molecule has 1 N–H and O–H groups in total. The molecule has 4 rings (SSSR count). The fourth-order valence-corrected chi connectivity index (χ4v) is 4.39. The summed E-state index contributed by atoms with van der Waals surface area (Å²) in [4.78, 5) is 18.3. The van der Waals surface area contributed by atoms with Crippen LogP contribution in [0.4, 0.5) is 5.69 Å². The van der Waals surface area contributed by atoms with Crippen molar-refractivity contribution in [3.05, 3.63) is 60.7 Å². The van der Waals surface area contributed by atoms with Crippen LogP contribution in [0.5, 0.6) is 11.5 Å². The second kappa shape index (κ2) is 10.0. The maximum Gasteiger partial charge on any atom is 0.238 e. The number of thioether (sulfide) groups is 1. The molecule has 0 unspecified atom stereocenters. The number of hydrogen-bond acceptors (Lipinski definition) is 6. The average Bonchev–Trinajstić information content (AvgIpc) is 3.22. The summed E-state index contributed by atoms with van der Waals surface area (Å²) in [5, 5.41) is 3.07. The molecule has 6 nitrogen and oxygen atoms in total. The van der Waals surface area contributed by atoms with Crippen LogP contribution < -0.4 is 14.8 Å². The van der Waals surface area contributed by atoms with Gasteiger partial charge in [0.15, 0.2) is 11.5 Å². The van der Waals surface area contributed by atoms with E-state index >= 15 is 0 Å². The summed E-state index contributed by atoms with van der Waals surface area (Å²) in [7, 11) is 0. The van der Waals surface area contributed by atoms with E-state index in [1.165, 1.54) is 5.56 Å². The predicted molar refractivity (Wildman–Crippen MR) is 120 cm³/mol. The Morgan fingerprint density at radius 1 is 1.07 bits per heavy atom. The minimum Gasteiger partial charge on any atom is -0.454 e. The predicted octanol–water partition coefficient (Wildman–Crippen LogP) is 3.45. The van der Waals surface area contributed by atoms with Gasteiger partial charge in [0.25, 0.3) is 0 Å². The van der Waals surface area contributed by atoms with Crippen molar-refractivity contribution in [2.75, 3.05) is 50.6 Å². The molecular weight excluding hydrogens is 398 g/mol. The van der Waals surface area contributed by atoms with Gasteiger partial charge in [-0.2, -0.15) is 0 Å². The van der Waals surface area contributed by atoms with Crippen LogP contribution in [0.25, 0.3) is 0 Å². The third kappa shape index (κ3) is 5.36. The first-order valence-corrected chi connectivity index (χ1v) is 11.2. The van der Waals surface area contributed by atoms with Gasteiger partial charge in [-0.1, -0.05) is 24.3 Å². The molecule has 2 aliphatic rings. The second-order valence-corrected chi connectivity index (χ2v) is 8.45. The summed E-state index contributed by atoms with van der Waals surface area (Å²) in [5.41, 5.74) is 2.09. The Labute approximate surface area is 181 Å². The van der Waals surface area contributed by atoms with Gasteiger partial charge in [0.05, 0.1) is 12.2 Å². The fourth-order valence-electron chi connectivity index (χ4n) is 3.64. The topological polar surface area (TPSA) is 54.0 Å². The first-order chi connectivity index (χ1) is 14.7. The van der Waals surface area contributed by atoms with Crippen LogP contribution >= 0.6 is 11.8 Å². The van der Waals surface area contributed by atoms with E-state index in [4.69, 9.17) is 9.47 Å². The van der Waals surface area contributed by atoms with Crippen LogP contribution in [0.3, 0.4) is 0 Å². The van der Waals surface area contributed by atoms with Crippen molar-refractivity contribution in [3.8, 4) is 11.5 Å². The van der Waals surface area contributed by atoms with Gasteiger partial charge in [0, 0.05) is 43.4 Å². The lowest BCUT2D eigenvalue weighted by atomic mass is 10.1. The largest absolute Gasteiger partial charge is 0.454 e. The molecule has 0 bridgehead atoms.